The molecule has 96 valence electrons. The first-order valence-electron chi connectivity index (χ1n) is 6.45. The van der Waals surface area contributed by atoms with Crippen molar-refractivity contribution in [2.45, 2.75) is 39.0 Å². The number of anilines is 1. The first kappa shape index (κ1) is 13.0. The summed E-state index contributed by atoms with van der Waals surface area (Å²) in [5.74, 6) is 0.0742. The Morgan fingerprint density at radius 2 is 2.11 bits per heavy atom. The lowest BCUT2D eigenvalue weighted by Gasteiger charge is -2.00. The molecule has 2 rings (SSSR count). The van der Waals surface area contributed by atoms with Crippen LogP contribution in [0.15, 0.2) is 24.3 Å². The summed E-state index contributed by atoms with van der Waals surface area (Å²) >= 11 is 1.53. The van der Waals surface area contributed by atoms with Crippen LogP contribution in [0.5, 0.6) is 0 Å². The zero-order chi connectivity index (χ0) is 12.8. The molecule has 0 saturated heterocycles. The van der Waals surface area contributed by atoms with E-state index in [1.807, 2.05) is 24.3 Å². The minimum Gasteiger partial charge on any atom is -0.302 e. The third-order valence-corrected chi connectivity index (χ3v) is 3.75. The van der Waals surface area contributed by atoms with Gasteiger partial charge in [0.25, 0.3) is 0 Å². The van der Waals surface area contributed by atoms with E-state index < -0.39 is 0 Å². The molecule has 4 heteroatoms. The number of nitrogens with one attached hydrogen (secondary N) is 1. The summed E-state index contributed by atoms with van der Waals surface area (Å²) in [5, 5.41) is 3.58. The molecule has 1 N–H and O–H groups in total. The van der Waals surface area contributed by atoms with Crippen molar-refractivity contribution in [3.05, 3.63) is 24.3 Å². The SMILES string of the molecule is CCCCCCC(=O)Nc1nc2ccccc2s1. The van der Waals surface area contributed by atoms with Gasteiger partial charge in [0.05, 0.1) is 10.2 Å². The minimum absolute atomic E-state index is 0.0742. The highest BCUT2D eigenvalue weighted by molar-refractivity contribution is 7.22. The molecule has 0 fully saturated rings. The van der Waals surface area contributed by atoms with E-state index in [1.54, 1.807) is 0 Å². The maximum Gasteiger partial charge on any atom is 0.226 e. The van der Waals surface area contributed by atoms with Gasteiger partial charge in [-0.1, -0.05) is 49.7 Å². The molecule has 0 aliphatic heterocycles. The van der Waals surface area contributed by atoms with Crippen molar-refractivity contribution in [1.82, 2.24) is 4.98 Å². The fourth-order valence-corrected chi connectivity index (χ4v) is 2.70. The third-order valence-electron chi connectivity index (χ3n) is 2.80. The highest BCUT2D eigenvalue weighted by Gasteiger charge is 2.06. The quantitative estimate of drug-likeness (QED) is 0.792. The maximum absolute atomic E-state index is 11.7. The Labute approximate surface area is 111 Å². The normalized spacial score (nSPS) is 10.7. The van der Waals surface area contributed by atoms with Crippen molar-refractivity contribution in [3.63, 3.8) is 0 Å². The second-order valence-corrected chi connectivity index (χ2v) is 5.38. The Morgan fingerprint density at radius 1 is 1.28 bits per heavy atom. The molecule has 0 bridgehead atoms. The topological polar surface area (TPSA) is 42.0 Å². The number of benzene rings is 1. The van der Waals surface area contributed by atoms with Gasteiger partial charge in [-0.2, -0.15) is 0 Å². The second kappa shape index (κ2) is 6.50. The van der Waals surface area contributed by atoms with Crippen molar-refractivity contribution in [2.75, 3.05) is 5.32 Å². The number of nitrogens with zero attached hydrogens (tertiary/aromatic N) is 1. The number of carbonyl (C=O) groups is 1. The summed E-state index contributed by atoms with van der Waals surface area (Å²) in [6.45, 7) is 2.17. The van der Waals surface area contributed by atoms with Crippen LogP contribution in [0.2, 0.25) is 0 Å². The van der Waals surface area contributed by atoms with Crippen molar-refractivity contribution in [2.24, 2.45) is 0 Å². The van der Waals surface area contributed by atoms with Crippen molar-refractivity contribution in [3.8, 4) is 0 Å². The molecule has 0 aliphatic rings. The van der Waals surface area contributed by atoms with E-state index in [0.29, 0.717) is 11.6 Å². The molecular formula is C14H18N2OS. The lowest BCUT2D eigenvalue weighted by atomic mass is 10.1. The number of thiazole rings is 1. The number of unbranched alkanes of at least 4 members (excludes halogenated alkanes) is 3. The van der Waals surface area contributed by atoms with Gasteiger partial charge >= 0.3 is 0 Å². The zero-order valence-electron chi connectivity index (χ0n) is 10.6. The van der Waals surface area contributed by atoms with Gasteiger partial charge in [0.1, 0.15) is 0 Å². The number of amides is 1. The van der Waals surface area contributed by atoms with Crippen LogP contribution in [0.3, 0.4) is 0 Å². The number of para-hydroxylation sites is 1. The average molecular weight is 262 g/mol. The first-order valence-corrected chi connectivity index (χ1v) is 7.26. The number of carbonyl (C=O) groups excluding carboxylic acids is 1. The Kier molecular flexibility index (Phi) is 4.70. The number of hydrogen-bond acceptors (Lipinski definition) is 3. The van der Waals surface area contributed by atoms with Gasteiger partial charge in [0, 0.05) is 6.42 Å². The van der Waals surface area contributed by atoms with Gasteiger partial charge in [-0.25, -0.2) is 4.98 Å². The van der Waals surface area contributed by atoms with Gasteiger partial charge in [0.2, 0.25) is 5.91 Å². The van der Waals surface area contributed by atoms with Crippen LogP contribution in [0, 0.1) is 0 Å². The van der Waals surface area contributed by atoms with Gasteiger partial charge in [-0.05, 0) is 18.6 Å². The fourth-order valence-electron chi connectivity index (χ4n) is 1.82. The fraction of sp³-hybridized carbons (Fsp3) is 0.429. The van der Waals surface area contributed by atoms with Crippen LogP contribution in [-0.2, 0) is 4.79 Å². The third kappa shape index (κ3) is 3.53. The van der Waals surface area contributed by atoms with Crippen LogP contribution in [0.25, 0.3) is 10.2 Å². The summed E-state index contributed by atoms with van der Waals surface area (Å²) in [6.07, 6.45) is 5.08. The maximum atomic E-state index is 11.7. The predicted octanol–water partition coefficient (Wildman–Crippen LogP) is 4.21. The van der Waals surface area contributed by atoms with Crippen LogP contribution in [0.1, 0.15) is 39.0 Å². The molecule has 18 heavy (non-hydrogen) atoms. The van der Waals surface area contributed by atoms with E-state index >= 15 is 0 Å². The molecule has 0 aliphatic carbocycles. The van der Waals surface area contributed by atoms with Gasteiger partial charge in [-0.15, -0.1) is 0 Å². The average Bonchev–Trinajstić information content (AvgIpc) is 2.76. The number of hydrogen-bond donors (Lipinski definition) is 1. The molecule has 1 amide bonds. The summed E-state index contributed by atoms with van der Waals surface area (Å²) < 4.78 is 1.11. The Bertz CT molecular complexity index is 488. The van der Waals surface area contributed by atoms with E-state index in [2.05, 4.69) is 17.2 Å². The predicted molar refractivity (Wildman–Crippen MR) is 77.0 cm³/mol. The molecule has 0 spiro atoms. The number of aromatic nitrogens is 1. The second-order valence-electron chi connectivity index (χ2n) is 4.35. The molecule has 1 aromatic carbocycles. The molecule has 1 aromatic heterocycles. The number of rotatable bonds is 6. The van der Waals surface area contributed by atoms with Crippen LogP contribution in [0.4, 0.5) is 5.13 Å². The number of fused-ring (bicyclic) bond motifs is 1. The van der Waals surface area contributed by atoms with E-state index in [1.165, 1.54) is 24.2 Å². The first-order chi connectivity index (χ1) is 8.79. The molecular weight excluding hydrogens is 244 g/mol. The highest BCUT2D eigenvalue weighted by Crippen LogP contribution is 2.25. The summed E-state index contributed by atoms with van der Waals surface area (Å²) in [6, 6.07) is 7.92. The van der Waals surface area contributed by atoms with Crippen LogP contribution < -0.4 is 5.32 Å². The minimum atomic E-state index is 0.0742. The largest absolute Gasteiger partial charge is 0.302 e. The van der Waals surface area contributed by atoms with E-state index in [4.69, 9.17) is 0 Å². The van der Waals surface area contributed by atoms with E-state index in [-0.39, 0.29) is 5.91 Å². The monoisotopic (exact) mass is 262 g/mol. The highest BCUT2D eigenvalue weighted by atomic mass is 32.1. The van der Waals surface area contributed by atoms with Gasteiger partial charge in [0.15, 0.2) is 5.13 Å². The van der Waals surface area contributed by atoms with Gasteiger partial charge in [-0.3, -0.25) is 4.79 Å². The van der Waals surface area contributed by atoms with Crippen molar-refractivity contribution >= 4 is 32.6 Å². The molecule has 0 atom stereocenters. The lowest BCUT2D eigenvalue weighted by molar-refractivity contribution is -0.116. The standard InChI is InChI=1S/C14H18N2OS/c1-2-3-4-5-10-13(17)16-14-15-11-8-6-7-9-12(11)18-14/h6-9H,2-5,10H2,1H3,(H,15,16,17). The summed E-state index contributed by atoms with van der Waals surface area (Å²) in [7, 11) is 0. The van der Waals surface area contributed by atoms with Crippen molar-refractivity contribution < 1.29 is 4.79 Å². The smallest absolute Gasteiger partial charge is 0.226 e. The van der Waals surface area contributed by atoms with E-state index in [9.17, 15) is 4.79 Å². The van der Waals surface area contributed by atoms with E-state index in [0.717, 1.165) is 23.1 Å². The Hall–Kier alpha value is -1.42. The van der Waals surface area contributed by atoms with Crippen LogP contribution >= 0.6 is 11.3 Å². The molecule has 0 saturated carbocycles. The Morgan fingerprint density at radius 3 is 2.89 bits per heavy atom. The molecule has 0 unspecified atom stereocenters. The van der Waals surface area contributed by atoms with Crippen LogP contribution in [-0.4, -0.2) is 10.9 Å². The Balaban J connectivity index is 1.86. The summed E-state index contributed by atoms with van der Waals surface area (Å²) in [5.41, 5.74) is 0.948. The zero-order valence-corrected chi connectivity index (χ0v) is 11.4. The molecule has 0 radical (unpaired) electrons. The molecule has 2 aromatic rings. The molecule has 1 heterocycles. The lowest BCUT2D eigenvalue weighted by Crippen LogP contribution is -2.10. The van der Waals surface area contributed by atoms with Gasteiger partial charge < -0.3 is 5.32 Å². The summed E-state index contributed by atoms with van der Waals surface area (Å²) in [4.78, 5) is 16.1. The molecule has 3 nitrogen and oxygen atoms in total. The van der Waals surface area contributed by atoms with Crippen molar-refractivity contribution in [1.29, 1.82) is 0 Å².